The lowest BCUT2D eigenvalue weighted by Gasteiger charge is -2.06. The summed E-state index contributed by atoms with van der Waals surface area (Å²) in [7, 11) is 0. The fraction of sp³-hybridized carbons (Fsp3) is 0.143. The Labute approximate surface area is 140 Å². The molecule has 6 nitrogen and oxygen atoms in total. The molecule has 0 aromatic carbocycles. The maximum absolute atomic E-state index is 11.7. The van der Waals surface area contributed by atoms with Crippen molar-refractivity contribution < 1.29 is 9.59 Å². The van der Waals surface area contributed by atoms with Crippen molar-refractivity contribution in [1.82, 2.24) is 20.6 Å². The number of carbonyl (C=O) groups excluding carboxylic acids is 2. The molecule has 0 aliphatic heterocycles. The van der Waals surface area contributed by atoms with E-state index in [-0.39, 0.29) is 36.6 Å². The van der Waals surface area contributed by atoms with E-state index in [1.54, 1.807) is 36.7 Å². The summed E-state index contributed by atoms with van der Waals surface area (Å²) in [5.41, 5.74) is 0.983. The first-order chi connectivity index (χ1) is 9.77. The van der Waals surface area contributed by atoms with E-state index in [2.05, 4.69) is 20.6 Å². The van der Waals surface area contributed by atoms with Gasteiger partial charge in [-0.05, 0) is 24.3 Å². The third-order valence-electron chi connectivity index (χ3n) is 2.54. The maximum Gasteiger partial charge on any atom is 0.252 e. The van der Waals surface area contributed by atoms with Crippen LogP contribution >= 0.6 is 24.8 Å². The maximum atomic E-state index is 11.7. The molecule has 0 bridgehead atoms. The zero-order valence-corrected chi connectivity index (χ0v) is 13.2. The third kappa shape index (κ3) is 6.07. The van der Waals surface area contributed by atoms with E-state index in [4.69, 9.17) is 0 Å². The van der Waals surface area contributed by atoms with Crippen molar-refractivity contribution in [3.05, 3.63) is 60.2 Å². The van der Waals surface area contributed by atoms with Gasteiger partial charge in [0.1, 0.15) is 0 Å². The highest BCUT2D eigenvalue weighted by Crippen LogP contribution is 1.95. The van der Waals surface area contributed by atoms with Gasteiger partial charge < -0.3 is 10.6 Å². The van der Waals surface area contributed by atoms with Gasteiger partial charge in [0.05, 0.1) is 11.1 Å². The molecule has 2 heterocycles. The molecule has 2 aromatic rings. The molecular formula is C14H16Cl2N4O2. The number of nitrogens with zero attached hydrogens (tertiary/aromatic N) is 2. The van der Waals surface area contributed by atoms with Gasteiger partial charge in [-0.1, -0.05) is 0 Å². The lowest BCUT2D eigenvalue weighted by atomic mass is 10.2. The number of hydrogen-bond donors (Lipinski definition) is 2. The highest BCUT2D eigenvalue weighted by molar-refractivity contribution is 5.94. The van der Waals surface area contributed by atoms with Gasteiger partial charge in [0, 0.05) is 37.9 Å². The van der Waals surface area contributed by atoms with Gasteiger partial charge >= 0.3 is 0 Å². The topological polar surface area (TPSA) is 84.0 Å². The third-order valence-corrected chi connectivity index (χ3v) is 2.54. The molecule has 0 atom stereocenters. The van der Waals surface area contributed by atoms with Crippen molar-refractivity contribution in [2.24, 2.45) is 0 Å². The average molecular weight is 343 g/mol. The lowest BCUT2D eigenvalue weighted by molar-refractivity contribution is 0.0927. The van der Waals surface area contributed by atoms with Crippen LogP contribution in [0.15, 0.2) is 49.1 Å². The van der Waals surface area contributed by atoms with E-state index in [0.717, 1.165) is 0 Å². The van der Waals surface area contributed by atoms with Gasteiger partial charge in [0.15, 0.2) is 0 Å². The van der Waals surface area contributed by atoms with Gasteiger partial charge in [0.2, 0.25) is 0 Å². The molecule has 0 aliphatic rings. The standard InChI is InChI=1S/C14H14N4O2.2ClH/c19-13(11-3-1-5-15-9-11)17-7-8-18-14(20)12-4-2-6-16-10-12;;/h1-6,9-10H,7-8H2,(H,17,19)(H,18,20);2*1H. The second-order valence-corrected chi connectivity index (χ2v) is 4.00. The highest BCUT2D eigenvalue weighted by atomic mass is 35.5. The number of rotatable bonds is 5. The number of nitrogens with one attached hydrogen (secondary N) is 2. The predicted octanol–water partition coefficient (Wildman–Crippen LogP) is 1.48. The summed E-state index contributed by atoms with van der Waals surface area (Å²) in [6.45, 7) is 0.694. The molecule has 0 fully saturated rings. The van der Waals surface area contributed by atoms with Gasteiger partial charge in [-0.2, -0.15) is 0 Å². The first-order valence-electron chi connectivity index (χ1n) is 6.14. The average Bonchev–Trinajstić information content (AvgIpc) is 2.53. The second-order valence-electron chi connectivity index (χ2n) is 4.00. The molecule has 8 heteroatoms. The number of amides is 2. The van der Waals surface area contributed by atoms with Crippen LogP contribution in [0, 0.1) is 0 Å². The number of hydrogen-bond acceptors (Lipinski definition) is 4. The Kier molecular flexibility index (Phi) is 9.49. The molecule has 0 unspecified atom stereocenters. The van der Waals surface area contributed by atoms with Gasteiger partial charge in [0.25, 0.3) is 11.8 Å². The Morgan fingerprint density at radius 1 is 0.818 bits per heavy atom. The van der Waals surface area contributed by atoms with Gasteiger partial charge in [-0.25, -0.2) is 0 Å². The summed E-state index contributed by atoms with van der Waals surface area (Å²) >= 11 is 0. The van der Waals surface area contributed by atoms with E-state index < -0.39 is 0 Å². The Balaban J connectivity index is 0.00000220. The van der Waals surface area contributed by atoms with Crippen LogP contribution in [0.4, 0.5) is 0 Å². The quantitative estimate of drug-likeness (QED) is 0.806. The monoisotopic (exact) mass is 342 g/mol. The normalized spacial score (nSPS) is 8.91. The molecule has 2 aromatic heterocycles. The summed E-state index contributed by atoms with van der Waals surface area (Å²) in [6, 6.07) is 6.74. The zero-order chi connectivity index (χ0) is 14.2. The van der Waals surface area contributed by atoms with Gasteiger partial charge in [-0.3, -0.25) is 19.6 Å². The van der Waals surface area contributed by atoms with Crippen LogP contribution in [0.2, 0.25) is 0 Å². The molecule has 118 valence electrons. The fourth-order valence-electron chi connectivity index (χ4n) is 1.55. The predicted molar refractivity (Wildman–Crippen MR) is 87.6 cm³/mol. The zero-order valence-electron chi connectivity index (χ0n) is 11.6. The highest BCUT2D eigenvalue weighted by Gasteiger charge is 2.06. The van der Waals surface area contributed by atoms with Crippen molar-refractivity contribution >= 4 is 36.6 Å². The van der Waals surface area contributed by atoms with Crippen LogP contribution in [0.25, 0.3) is 0 Å². The van der Waals surface area contributed by atoms with Crippen LogP contribution in [-0.4, -0.2) is 34.9 Å². The molecule has 0 spiro atoms. The second kappa shape index (κ2) is 10.5. The van der Waals surface area contributed by atoms with Crippen LogP contribution in [0.3, 0.4) is 0 Å². The fourth-order valence-corrected chi connectivity index (χ4v) is 1.55. The summed E-state index contributed by atoms with van der Waals surface area (Å²) in [6.07, 6.45) is 6.18. The number of pyridine rings is 2. The van der Waals surface area contributed by atoms with E-state index in [9.17, 15) is 9.59 Å². The van der Waals surface area contributed by atoms with Crippen molar-refractivity contribution in [2.75, 3.05) is 13.1 Å². The van der Waals surface area contributed by atoms with Gasteiger partial charge in [-0.15, -0.1) is 24.8 Å². The number of aromatic nitrogens is 2. The van der Waals surface area contributed by atoms with Crippen LogP contribution in [0.1, 0.15) is 20.7 Å². The Hall–Kier alpha value is -2.18. The Morgan fingerprint density at radius 2 is 1.23 bits per heavy atom. The SMILES string of the molecule is Cl.Cl.O=C(NCCNC(=O)c1cccnc1)c1cccnc1. The van der Waals surface area contributed by atoms with Crippen molar-refractivity contribution in [2.45, 2.75) is 0 Å². The Morgan fingerprint density at radius 3 is 1.55 bits per heavy atom. The molecule has 0 saturated carbocycles. The molecule has 2 rings (SSSR count). The first kappa shape index (κ1) is 19.8. The molecule has 0 radical (unpaired) electrons. The molecule has 2 N–H and O–H groups in total. The summed E-state index contributed by atoms with van der Waals surface area (Å²) < 4.78 is 0. The molecule has 0 saturated heterocycles. The molecule has 22 heavy (non-hydrogen) atoms. The van der Waals surface area contributed by atoms with Crippen LogP contribution in [0.5, 0.6) is 0 Å². The van der Waals surface area contributed by atoms with E-state index in [1.807, 2.05) is 0 Å². The summed E-state index contributed by atoms with van der Waals surface area (Å²) in [5.74, 6) is -0.428. The minimum Gasteiger partial charge on any atom is -0.350 e. The van der Waals surface area contributed by atoms with E-state index in [1.165, 1.54) is 12.4 Å². The summed E-state index contributed by atoms with van der Waals surface area (Å²) in [5, 5.41) is 5.39. The minimum absolute atomic E-state index is 0. The Bertz CT molecular complexity index is 528. The van der Waals surface area contributed by atoms with Crippen LogP contribution < -0.4 is 10.6 Å². The van der Waals surface area contributed by atoms with Crippen LogP contribution in [-0.2, 0) is 0 Å². The van der Waals surface area contributed by atoms with Crippen molar-refractivity contribution in [3.8, 4) is 0 Å². The molecular weight excluding hydrogens is 327 g/mol. The van der Waals surface area contributed by atoms with E-state index >= 15 is 0 Å². The van der Waals surface area contributed by atoms with E-state index in [0.29, 0.717) is 24.2 Å². The molecule has 2 amide bonds. The summed E-state index contributed by atoms with van der Waals surface area (Å²) in [4.78, 5) is 31.1. The number of carbonyl (C=O) groups is 2. The minimum atomic E-state index is -0.214. The first-order valence-corrected chi connectivity index (χ1v) is 6.14. The largest absolute Gasteiger partial charge is 0.350 e. The molecule has 0 aliphatic carbocycles. The van der Waals surface area contributed by atoms with Crippen molar-refractivity contribution in [3.63, 3.8) is 0 Å². The lowest BCUT2D eigenvalue weighted by Crippen LogP contribution is -2.34. The van der Waals surface area contributed by atoms with Crippen molar-refractivity contribution in [1.29, 1.82) is 0 Å². The smallest absolute Gasteiger partial charge is 0.252 e. The number of halogens is 2.